The summed E-state index contributed by atoms with van der Waals surface area (Å²) < 4.78 is 0. The molecule has 1 saturated carbocycles. The third kappa shape index (κ3) is 2.78. The Balaban J connectivity index is 1.58. The smallest absolute Gasteiger partial charge is 0.250 e. The molecule has 1 aliphatic carbocycles. The first-order chi connectivity index (χ1) is 14.6. The van der Waals surface area contributed by atoms with Crippen LogP contribution in [0.2, 0.25) is 0 Å². The first-order valence-electron chi connectivity index (χ1n) is 11.1. The van der Waals surface area contributed by atoms with E-state index in [1.807, 2.05) is 30.5 Å². The maximum atomic E-state index is 13.8. The van der Waals surface area contributed by atoms with Gasteiger partial charge in [-0.2, -0.15) is 11.8 Å². The summed E-state index contributed by atoms with van der Waals surface area (Å²) >= 11 is 1.72. The fourth-order valence-electron chi connectivity index (χ4n) is 6.15. The maximum absolute atomic E-state index is 13.8. The number of rotatable bonds is 4. The van der Waals surface area contributed by atoms with Crippen LogP contribution in [0.4, 0.5) is 5.69 Å². The predicted molar refractivity (Wildman–Crippen MR) is 117 cm³/mol. The summed E-state index contributed by atoms with van der Waals surface area (Å²) in [6, 6.07) is 7.38. The van der Waals surface area contributed by atoms with Crippen LogP contribution in [0.1, 0.15) is 50.5 Å². The fraction of sp³-hybridized carbons (Fsp3) is 0.609. The molecular formula is C23H29N3O3S. The Morgan fingerprint density at radius 2 is 1.80 bits per heavy atom. The third-order valence-corrected chi connectivity index (χ3v) is 8.12. The van der Waals surface area contributed by atoms with Crippen molar-refractivity contribution in [2.24, 2.45) is 11.8 Å². The number of likely N-dealkylation sites (tertiary alicyclic amines) is 1. The molecular weight excluding hydrogens is 398 g/mol. The zero-order valence-corrected chi connectivity index (χ0v) is 18.2. The molecule has 7 heteroatoms. The van der Waals surface area contributed by atoms with E-state index < -0.39 is 17.4 Å². The molecule has 0 bridgehead atoms. The number of nitrogens with one attached hydrogen (secondary N) is 2. The highest BCUT2D eigenvalue weighted by Crippen LogP contribution is 2.54. The van der Waals surface area contributed by atoms with E-state index >= 15 is 0 Å². The molecule has 4 aliphatic rings. The van der Waals surface area contributed by atoms with E-state index in [0.717, 1.165) is 61.9 Å². The molecule has 0 radical (unpaired) electrons. The average Bonchev–Trinajstić information content (AvgIpc) is 3.21. The number of carbonyl (C=O) groups excluding carboxylic acids is 3. The van der Waals surface area contributed by atoms with Gasteiger partial charge in [-0.15, -0.1) is 0 Å². The number of amides is 3. The molecule has 1 spiro atoms. The van der Waals surface area contributed by atoms with E-state index in [0.29, 0.717) is 0 Å². The van der Waals surface area contributed by atoms with Gasteiger partial charge < -0.3 is 5.32 Å². The first-order valence-corrected chi connectivity index (χ1v) is 12.5. The Bertz CT molecular complexity index is 882. The van der Waals surface area contributed by atoms with Gasteiger partial charge in [0.05, 0.1) is 11.8 Å². The minimum Gasteiger partial charge on any atom is -0.324 e. The van der Waals surface area contributed by atoms with Crippen molar-refractivity contribution in [2.75, 3.05) is 17.3 Å². The Morgan fingerprint density at radius 1 is 1.07 bits per heavy atom. The lowest BCUT2D eigenvalue weighted by atomic mass is 9.76. The number of thioether (sulfide) groups is 1. The van der Waals surface area contributed by atoms with E-state index in [1.54, 1.807) is 16.7 Å². The van der Waals surface area contributed by atoms with E-state index in [2.05, 4.69) is 10.6 Å². The second-order valence-electron chi connectivity index (χ2n) is 9.04. The fourth-order valence-corrected chi connectivity index (χ4v) is 6.64. The number of benzene rings is 1. The molecule has 6 nitrogen and oxygen atoms in total. The van der Waals surface area contributed by atoms with Crippen molar-refractivity contribution >= 4 is 35.2 Å². The van der Waals surface area contributed by atoms with Crippen molar-refractivity contribution in [3.8, 4) is 0 Å². The van der Waals surface area contributed by atoms with Crippen LogP contribution in [0.15, 0.2) is 24.3 Å². The zero-order chi connectivity index (χ0) is 20.9. The molecule has 160 valence electrons. The Kier molecular flexibility index (Phi) is 5.14. The van der Waals surface area contributed by atoms with Gasteiger partial charge in [0.1, 0.15) is 5.54 Å². The van der Waals surface area contributed by atoms with Crippen molar-refractivity contribution in [2.45, 2.75) is 62.6 Å². The number of hydrogen-bond donors (Lipinski definition) is 2. The molecule has 3 aliphatic heterocycles. The van der Waals surface area contributed by atoms with Gasteiger partial charge in [0, 0.05) is 23.3 Å². The second-order valence-corrected chi connectivity index (χ2v) is 10.0. The number of imide groups is 1. The quantitative estimate of drug-likeness (QED) is 0.571. The van der Waals surface area contributed by atoms with Crippen LogP contribution in [0.25, 0.3) is 0 Å². The van der Waals surface area contributed by atoms with Gasteiger partial charge >= 0.3 is 0 Å². The number of nitrogens with zero attached hydrogens (tertiary/aromatic N) is 1. The predicted octanol–water partition coefficient (Wildman–Crippen LogP) is 2.88. The Hall–Kier alpha value is -1.86. The van der Waals surface area contributed by atoms with Crippen LogP contribution in [0, 0.1) is 11.8 Å². The molecule has 5 rings (SSSR count). The van der Waals surface area contributed by atoms with E-state index in [-0.39, 0.29) is 29.8 Å². The monoisotopic (exact) mass is 427 g/mol. The molecule has 4 atom stereocenters. The lowest BCUT2D eigenvalue weighted by molar-refractivity contribution is -0.145. The molecule has 2 N–H and O–H groups in total. The number of anilines is 1. The summed E-state index contributed by atoms with van der Waals surface area (Å²) in [5.74, 6) is -0.666. The summed E-state index contributed by atoms with van der Waals surface area (Å²) in [6.07, 6.45) is 9.01. The highest BCUT2D eigenvalue weighted by molar-refractivity contribution is 7.98. The van der Waals surface area contributed by atoms with Crippen molar-refractivity contribution in [1.82, 2.24) is 10.2 Å². The van der Waals surface area contributed by atoms with Gasteiger partial charge in [0.15, 0.2) is 0 Å². The van der Waals surface area contributed by atoms with Crippen LogP contribution in [0.3, 0.4) is 0 Å². The zero-order valence-electron chi connectivity index (χ0n) is 17.4. The van der Waals surface area contributed by atoms with Gasteiger partial charge in [-0.05, 0) is 37.3 Å². The van der Waals surface area contributed by atoms with Crippen LogP contribution < -0.4 is 10.6 Å². The normalized spacial score (nSPS) is 33.7. The lowest BCUT2D eigenvalue weighted by Gasteiger charge is -2.32. The molecule has 3 heterocycles. The summed E-state index contributed by atoms with van der Waals surface area (Å²) in [5.41, 5.74) is 0.407. The molecule has 0 unspecified atom stereocenters. The molecule has 3 fully saturated rings. The second kappa shape index (κ2) is 7.68. The van der Waals surface area contributed by atoms with Gasteiger partial charge in [-0.25, -0.2) is 0 Å². The van der Waals surface area contributed by atoms with Crippen LogP contribution in [-0.2, 0) is 19.9 Å². The van der Waals surface area contributed by atoms with Crippen molar-refractivity contribution in [1.29, 1.82) is 0 Å². The number of para-hydroxylation sites is 1. The highest BCUT2D eigenvalue weighted by atomic mass is 32.2. The molecule has 30 heavy (non-hydrogen) atoms. The Morgan fingerprint density at radius 3 is 2.53 bits per heavy atom. The van der Waals surface area contributed by atoms with Crippen molar-refractivity contribution in [3.05, 3.63) is 29.8 Å². The summed E-state index contributed by atoms with van der Waals surface area (Å²) in [7, 11) is 0. The summed E-state index contributed by atoms with van der Waals surface area (Å²) in [4.78, 5) is 42.4. The van der Waals surface area contributed by atoms with Crippen molar-refractivity contribution < 1.29 is 14.4 Å². The first kappa shape index (κ1) is 20.1. The third-order valence-electron chi connectivity index (χ3n) is 7.48. The van der Waals surface area contributed by atoms with Crippen LogP contribution in [-0.4, -0.2) is 46.7 Å². The number of fused-ring (bicyclic) bond motifs is 4. The average molecular weight is 428 g/mol. The maximum Gasteiger partial charge on any atom is 0.250 e. The van der Waals surface area contributed by atoms with Crippen LogP contribution in [0.5, 0.6) is 0 Å². The SMILES string of the molecule is CSCC[C@@H]1N[C@@]2(C(=O)Nc3ccccc32)[C@@H]2C(=O)N(C3CCCCCC3)C(=O)[C@@H]12. The highest BCUT2D eigenvalue weighted by Gasteiger charge is 2.70. The summed E-state index contributed by atoms with van der Waals surface area (Å²) in [5, 5.41) is 6.48. The van der Waals surface area contributed by atoms with Crippen molar-refractivity contribution in [3.63, 3.8) is 0 Å². The van der Waals surface area contributed by atoms with E-state index in [9.17, 15) is 14.4 Å². The van der Waals surface area contributed by atoms with Gasteiger partial charge in [0.25, 0.3) is 0 Å². The minimum atomic E-state index is -1.14. The number of carbonyl (C=O) groups is 3. The largest absolute Gasteiger partial charge is 0.324 e. The topological polar surface area (TPSA) is 78.5 Å². The van der Waals surface area contributed by atoms with Gasteiger partial charge in [-0.1, -0.05) is 43.9 Å². The standard InChI is InChI=1S/C23H29N3O3S/c1-30-13-12-17-18-19(21(28)26(20(18)27)14-8-4-2-3-5-9-14)23(25-17)15-10-6-7-11-16(15)24-22(23)29/h6-7,10-11,14,17-19,25H,2-5,8-9,12-13H2,1H3,(H,24,29)/t17-,18-,19-,23+/m0/s1. The molecule has 1 aromatic carbocycles. The van der Waals surface area contributed by atoms with Gasteiger partial charge in [-0.3, -0.25) is 24.6 Å². The Labute approximate surface area is 181 Å². The van der Waals surface area contributed by atoms with Crippen LogP contribution >= 0.6 is 11.8 Å². The number of hydrogen-bond acceptors (Lipinski definition) is 5. The summed E-state index contributed by atoms with van der Waals surface area (Å²) in [6.45, 7) is 0. The van der Waals surface area contributed by atoms with Gasteiger partial charge in [0.2, 0.25) is 17.7 Å². The minimum absolute atomic E-state index is 0.0175. The van der Waals surface area contributed by atoms with E-state index in [1.165, 1.54) is 0 Å². The van der Waals surface area contributed by atoms with E-state index in [4.69, 9.17) is 0 Å². The molecule has 1 aromatic rings. The molecule has 3 amide bonds. The lowest BCUT2D eigenvalue weighted by Crippen LogP contribution is -2.54. The molecule has 0 aromatic heterocycles. The molecule has 2 saturated heterocycles.